The molecule has 0 spiro atoms. The first-order valence-corrected chi connectivity index (χ1v) is 8.44. The molecule has 1 unspecified atom stereocenters. The van der Waals surface area contributed by atoms with Gasteiger partial charge in [-0.05, 0) is 36.0 Å². The van der Waals surface area contributed by atoms with Crippen molar-refractivity contribution in [3.63, 3.8) is 0 Å². The van der Waals surface area contributed by atoms with Crippen LogP contribution in [-0.4, -0.2) is 20.9 Å². The number of nitrogens with one attached hydrogen (secondary N) is 1. The van der Waals surface area contributed by atoms with E-state index in [4.69, 9.17) is 10.7 Å². The molecular weight excluding hydrogens is 305 g/mol. The number of amides is 1. The van der Waals surface area contributed by atoms with Gasteiger partial charge in [0.2, 0.25) is 0 Å². The minimum Gasteiger partial charge on any atom is -0.352 e. The maximum atomic E-state index is 13.3. The second kappa shape index (κ2) is 5.00. The van der Waals surface area contributed by atoms with Crippen LogP contribution in [0.15, 0.2) is 23.1 Å². The lowest BCUT2D eigenvalue weighted by Crippen LogP contribution is -2.26. The lowest BCUT2D eigenvalue weighted by atomic mass is 10.1. The van der Waals surface area contributed by atoms with Crippen LogP contribution in [0.25, 0.3) is 0 Å². The molecule has 4 nitrogen and oxygen atoms in total. The van der Waals surface area contributed by atoms with Crippen molar-refractivity contribution < 1.29 is 17.6 Å². The van der Waals surface area contributed by atoms with E-state index >= 15 is 0 Å². The zero-order valence-corrected chi connectivity index (χ0v) is 12.7. The van der Waals surface area contributed by atoms with Crippen LogP contribution in [0, 0.1) is 17.2 Å². The second-order valence-electron chi connectivity index (χ2n) is 5.71. The highest BCUT2D eigenvalue weighted by atomic mass is 35.7. The molecule has 1 aromatic carbocycles. The largest absolute Gasteiger partial charge is 0.352 e. The Kier molecular flexibility index (Phi) is 3.81. The van der Waals surface area contributed by atoms with E-state index in [1.54, 1.807) is 0 Å². The molecule has 0 aromatic heterocycles. The number of benzene rings is 1. The maximum absolute atomic E-state index is 13.3. The summed E-state index contributed by atoms with van der Waals surface area (Å²) in [6.07, 6.45) is 1.03. The molecule has 110 valence electrons. The van der Waals surface area contributed by atoms with Gasteiger partial charge >= 0.3 is 0 Å². The van der Waals surface area contributed by atoms with Crippen LogP contribution in [0.2, 0.25) is 0 Å². The van der Waals surface area contributed by atoms with Crippen molar-refractivity contribution in [1.29, 1.82) is 0 Å². The van der Waals surface area contributed by atoms with Crippen molar-refractivity contribution in [1.82, 2.24) is 5.32 Å². The molecule has 1 amide bonds. The third kappa shape index (κ3) is 3.49. The fourth-order valence-electron chi connectivity index (χ4n) is 2.08. The minimum atomic E-state index is -4.07. The number of hydrogen-bond acceptors (Lipinski definition) is 3. The summed E-state index contributed by atoms with van der Waals surface area (Å²) >= 11 is 0. The van der Waals surface area contributed by atoms with Gasteiger partial charge in [-0.25, -0.2) is 12.8 Å². The topological polar surface area (TPSA) is 63.2 Å². The maximum Gasteiger partial charge on any atom is 0.261 e. The fourth-order valence-corrected chi connectivity index (χ4v) is 2.87. The highest BCUT2D eigenvalue weighted by Crippen LogP contribution is 2.50. The fraction of sp³-hybridized carbons (Fsp3) is 0.462. The van der Waals surface area contributed by atoms with E-state index in [-0.39, 0.29) is 11.0 Å². The molecule has 0 aliphatic heterocycles. The minimum absolute atomic E-state index is 0.0531. The molecule has 1 aromatic rings. The molecule has 20 heavy (non-hydrogen) atoms. The van der Waals surface area contributed by atoms with Gasteiger partial charge in [0, 0.05) is 22.8 Å². The Hall–Kier alpha value is -1.14. The van der Waals surface area contributed by atoms with Gasteiger partial charge in [-0.1, -0.05) is 13.8 Å². The van der Waals surface area contributed by atoms with Crippen molar-refractivity contribution in [2.45, 2.75) is 25.2 Å². The Balaban J connectivity index is 2.12. The van der Waals surface area contributed by atoms with E-state index in [1.807, 2.05) is 0 Å². The Morgan fingerprint density at radius 2 is 2.05 bits per heavy atom. The van der Waals surface area contributed by atoms with Gasteiger partial charge in [0.15, 0.2) is 0 Å². The lowest BCUT2D eigenvalue weighted by molar-refractivity contribution is 0.0950. The van der Waals surface area contributed by atoms with Crippen LogP contribution in [0.1, 0.15) is 30.6 Å². The summed E-state index contributed by atoms with van der Waals surface area (Å²) < 4.78 is 35.7. The summed E-state index contributed by atoms with van der Waals surface area (Å²) in [4.78, 5) is 11.5. The molecule has 1 aliphatic carbocycles. The van der Waals surface area contributed by atoms with Gasteiger partial charge in [0.25, 0.3) is 15.0 Å². The molecule has 0 radical (unpaired) electrons. The average molecular weight is 320 g/mol. The van der Waals surface area contributed by atoms with Gasteiger partial charge in [0.1, 0.15) is 5.82 Å². The van der Waals surface area contributed by atoms with Crippen LogP contribution in [-0.2, 0) is 9.05 Å². The molecular formula is C13H15ClFNO3S. The van der Waals surface area contributed by atoms with Gasteiger partial charge in [-0.3, -0.25) is 4.79 Å². The Morgan fingerprint density at radius 3 is 2.55 bits per heavy atom. The second-order valence-corrected chi connectivity index (χ2v) is 8.28. The van der Waals surface area contributed by atoms with E-state index < -0.39 is 25.7 Å². The van der Waals surface area contributed by atoms with E-state index in [2.05, 4.69) is 19.2 Å². The van der Waals surface area contributed by atoms with Gasteiger partial charge in [-0.2, -0.15) is 0 Å². The van der Waals surface area contributed by atoms with E-state index in [1.165, 1.54) is 0 Å². The summed E-state index contributed by atoms with van der Waals surface area (Å²) in [5, 5.41) is 2.68. The molecule has 0 heterocycles. The van der Waals surface area contributed by atoms with Gasteiger partial charge in [-0.15, -0.1) is 0 Å². The molecule has 1 saturated carbocycles. The standard InChI is InChI=1S/C13H15ClFNO3S/c1-13(2)6-9(13)7-16-12(17)8-3-10(15)5-11(4-8)20(14,18)19/h3-5,9H,6-7H2,1-2H3,(H,16,17). The molecule has 1 fully saturated rings. The number of carbonyl (C=O) groups is 1. The summed E-state index contributed by atoms with van der Waals surface area (Å²) in [6.45, 7) is 4.69. The van der Waals surface area contributed by atoms with Crippen LogP contribution in [0.5, 0.6) is 0 Å². The molecule has 0 bridgehead atoms. The summed E-state index contributed by atoms with van der Waals surface area (Å²) in [6, 6.07) is 2.83. The van der Waals surface area contributed by atoms with Crippen molar-refractivity contribution in [3.05, 3.63) is 29.6 Å². The van der Waals surface area contributed by atoms with E-state index in [9.17, 15) is 17.6 Å². The van der Waals surface area contributed by atoms with Crippen LogP contribution in [0.4, 0.5) is 4.39 Å². The third-order valence-corrected chi connectivity index (χ3v) is 4.97. The summed E-state index contributed by atoms with van der Waals surface area (Å²) in [7, 11) is 1.09. The zero-order chi connectivity index (χ0) is 15.1. The zero-order valence-electron chi connectivity index (χ0n) is 11.1. The first kappa shape index (κ1) is 15.3. The monoisotopic (exact) mass is 319 g/mol. The number of hydrogen-bond donors (Lipinski definition) is 1. The summed E-state index contributed by atoms with van der Waals surface area (Å²) in [5.74, 6) is -0.923. The first-order chi connectivity index (χ1) is 9.09. The van der Waals surface area contributed by atoms with Crippen LogP contribution in [0.3, 0.4) is 0 Å². The molecule has 7 heteroatoms. The SMILES string of the molecule is CC1(C)CC1CNC(=O)c1cc(F)cc(S(=O)(=O)Cl)c1. The van der Waals surface area contributed by atoms with Crippen molar-refractivity contribution in [3.8, 4) is 0 Å². The van der Waals surface area contributed by atoms with Crippen molar-refractivity contribution >= 4 is 25.6 Å². The number of rotatable bonds is 4. The first-order valence-electron chi connectivity index (χ1n) is 6.13. The summed E-state index contributed by atoms with van der Waals surface area (Å²) in [5.41, 5.74) is 0.169. The molecule has 0 saturated heterocycles. The predicted octanol–water partition coefficient (Wildman–Crippen LogP) is 2.53. The van der Waals surface area contributed by atoms with Crippen LogP contribution < -0.4 is 5.32 Å². The molecule has 2 rings (SSSR count). The highest BCUT2D eigenvalue weighted by molar-refractivity contribution is 8.13. The van der Waals surface area contributed by atoms with Crippen LogP contribution >= 0.6 is 10.7 Å². The normalized spacial score (nSPS) is 20.5. The average Bonchev–Trinajstić information content (AvgIpc) is 2.92. The Labute approximate surface area is 121 Å². The molecule has 1 atom stereocenters. The molecule has 1 N–H and O–H groups in total. The van der Waals surface area contributed by atoms with Gasteiger partial charge < -0.3 is 5.32 Å². The quantitative estimate of drug-likeness (QED) is 0.867. The van der Waals surface area contributed by atoms with E-state index in [0.29, 0.717) is 12.5 Å². The third-order valence-electron chi connectivity index (χ3n) is 3.64. The predicted molar refractivity (Wildman–Crippen MR) is 73.7 cm³/mol. The van der Waals surface area contributed by atoms with Crippen molar-refractivity contribution in [2.75, 3.05) is 6.54 Å². The van der Waals surface area contributed by atoms with E-state index in [0.717, 1.165) is 24.6 Å². The lowest BCUT2D eigenvalue weighted by Gasteiger charge is -2.07. The number of carbonyl (C=O) groups excluding carboxylic acids is 1. The number of halogens is 2. The highest BCUT2D eigenvalue weighted by Gasteiger charge is 2.45. The smallest absolute Gasteiger partial charge is 0.261 e. The Morgan fingerprint density at radius 1 is 1.45 bits per heavy atom. The van der Waals surface area contributed by atoms with Gasteiger partial charge in [0.05, 0.1) is 4.90 Å². The Bertz CT molecular complexity index is 658. The molecule has 1 aliphatic rings. The van der Waals surface area contributed by atoms with Crippen molar-refractivity contribution in [2.24, 2.45) is 11.3 Å².